The van der Waals surface area contributed by atoms with Crippen LogP contribution in [0.3, 0.4) is 0 Å². The summed E-state index contributed by atoms with van der Waals surface area (Å²) >= 11 is 0. The van der Waals surface area contributed by atoms with Crippen molar-refractivity contribution < 1.29 is 34.8 Å². The average Bonchev–Trinajstić information content (AvgIpc) is 3.61. The second kappa shape index (κ2) is 18.4. The number of ether oxygens (including phenoxy) is 1. The molecule has 70 heavy (non-hydrogen) atoms. The topological polar surface area (TPSA) is 178 Å². The number of allylic oxidation sites excluding steroid dienone is 2. The molecule has 8 aliphatic rings. The van der Waals surface area contributed by atoms with Crippen molar-refractivity contribution in [2.75, 3.05) is 25.9 Å². The zero-order valence-electron chi connectivity index (χ0n) is 43.6. The van der Waals surface area contributed by atoms with E-state index < -0.39 is 28.1 Å². The van der Waals surface area contributed by atoms with Crippen LogP contribution in [-0.2, 0) is 20.9 Å². The molecule has 2 aliphatic heterocycles. The number of nitrogen functional groups attached to an aromatic ring is 1. The molecule has 2 aromatic carbocycles. The molecule has 2 saturated heterocycles. The number of aromatic hydroxyl groups is 1. The van der Waals surface area contributed by atoms with E-state index in [1.165, 1.54) is 11.1 Å². The number of ketones is 2. The van der Waals surface area contributed by atoms with E-state index in [0.29, 0.717) is 44.7 Å². The van der Waals surface area contributed by atoms with E-state index >= 15 is 9.59 Å². The number of aliphatic hydroxyl groups is 3. The van der Waals surface area contributed by atoms with E-state index in [-0.39, 0.29) is 88.3 Å². The second-order valence-electron chi connectivity index (χ2n) is 26.1. The molecule has 10 nitrogen and oxygen atoms in total. The van der Waals surface area contributed by atoms with E-state index in [1.807, 2.05) is 32.2 Å². The van der Waals surface area contributed by atoms with Crippen LogP contribution in [0.2, 0.25) is 0 Å². The summed E-state index contributed by atoms with van der Waals surface area (Å²) in [5.74, 6) is 1.34. The van der Waals surface area contributed by atoms with E-state index in [0.717, 1.165) is 106 Å². The Labute approximate surface area is 418 Å². The number of nitrogens with two attached hydrogens (primary N) is 1. The number of phenolic OH excluding ortho intramolecular Hbond substituents is 1. The second-order valence-corrected chi connectivity index (χ2v) is 26.1. The quantitative estimate of drug-likeness (QED) is 0.0848. The molecule has 8 N–H and O–H groups in total. The summed E-state index contributed by atoms with van der Waals surface area (Å²) in [5.41, 5.74) is 9.33. The van der Waals surface area contributed by atoms with E-state index in [4.69, 9.17) is 10.5 Å². The number of hydrogen-bond donors (Lipinski definition) is 7. The van der Waals surface area contributed by atoms with Crippen molar-refractivity contribution in [3.8, 4) is 5.75 Å². The number of rotatable bonds is 11. The number of anilines is 1. The van der Waals surface area contributed by atoms with Crippen molar-refractivity contribution in [1.82, 2.24) is 10.6 Å². The maximum atomic E-state index is 15.5. The molecule has 0 amide bonds. The largest absolute Gasteiger partial charge is 0.508 e. The number of Topliss-reactive ketones (excluding diaryl/α,β-unsaturated/α-hetero) is 2. The third kappa shape index (κ3) is 8.27. The molecule has 10 heteroatoms. The first-order valence-electron chi connectivity index (χ1n) is 27.8. The van der Waals surface area contributed by atoms with Crippen LogP contribution >= 0.6 is 0 Å². The predicted molar refractivity (Wildman–Crippen MR) is 275 cm³/mol. The van der Waals surface area contributed by atoms with Gasteiger partial charge in [-0.2, -0.15) is 0 Å². The molecule has 10 rings (SSSR count). The molecule has 0 radical (unpaired) electrons. The number of carbonyl (C=O) groups excluding carboxylic acids is 2. The van der Waals surface area contributed by atoms with Crippen molar-refractivity contribution in [2.45, 2.75) is 199 Å². The smallest absolute Gasteiger partial charge is 0.160 e. The molecule has 5 saturated carbocycles. The Morgan fingerprint density at radius 2 is 1.69 bits per heavy atom. The number of nitrogens with one attached hydrogen (secondary N) is 2. The normalized spacial score (nSPS) is 43.8. The highest BCUT2D eigenvalue weighted by Crippen LogP contribution is 2.76. The van der Waals surface area contributed by atoms with Gasteiger partial charge in [0.15, 0.2) is 5.78 Å². The lowest BCUT2D eigenvalue weighted by Gasteiger charge is -2.71. The molecule has 17 unspecified atom stereocenters. The Morgan fingerprint density at radius 3 is 2.44 bits per heavy atom. The van der Waals surface area contributed by atoms with Gasteiger partial charge in [-0.1, -0.05) is 77.2 Å². The monoisotopic (exact) mass is 962 g/mol. The first-order valence-corrected chi connectivity index (χ1v) is 27.8. The summed E-state index contributed by atoms with van der Waals surface area (Å²) in [6, 6.07) is 14.0. The van der Waals surface area contributed by atoms with Crippen molar-refractivity contribution >= 4 is 17.3 Å². The number of fused-ring (bicyclic) bond motifs is 4. The van der Waals surface area contributed by atoms with Crippen molar-refractivity contribution in [1.29, 1.82) is 0 Å². The fraction of sp³-hybridized carbons (Fsp3) is 0.733. The van der Waals surface area contributed by atoms with Gasteiger partial charge in [-0.05, 0) is 197 Å². The van der Waals surface area contributed by atoms with E-state index in [2.05, 4.69) is 63.5 Å². The Morgan fingerprint density at radius 1 is 0.914 bits per heavy atom. The van der Waals surface area contributed by atoms with Crippen LogP contribution in [0.25, 0.3) is 0 Å². The molecular weight excluding hydrogens is 875 g/mol. The van der Waals surface area contributed by atoms with Gasteiger partial charge >= 0.3 is 0 Å². The van der Waals surface area contributed by atoms with Gasteiger partial charge in [0.2, 0.25) is 0 Å². The third-order valence-corrected chi connectivity index (χ3v) is 21.8. The van der Waals surface area contributed by atoms with Gasteiger partial charge in [-0.25, -0.2) is 0 Å². The molecule has 2 heterocycles. The standard InChI is InChI=1S/C60H87N3O7/c1-55(69)21-8-9-22-56(2)52-47(63-34-55)30-59(5)50(57(52,3)29-44(53(56)68)39-24-36(32-62-7)25-41(65)27-39)20-19-46-51(49(67)31-58(46,59)4)43(37-14-10-13-35(23-37)33-64)28-48(66)54-60(6,70-54)45-18-12-17-42(45)38-15-11-16-40(61)26-38/h11,15-16,24-27,35,37,42-45,47-48,50,52,54,62-66,69H,8-10,12-14,17-23,28-34,61H2,1-7H3. The van der Waals surface area contributed by atoms with Crippen LogP contribution in [0.15, 0.2) is 53.6 Å². The molecule has 17 atom stereocenters. The summed E-state index contributed by atoms with van der Waals surface area (Å²) in [5, 5.41) is 53.3. The number of hydrogen-bond acceptors (Lipinski definition) is 10. The number of benzene rings is 2. The summed E-state index contributed by atoms with van der Waals surface area (Å²) < 4.78 is 6.71. The van der Waals surface area contributed by atoms with Gasteiger partial charge in [-0.3, -0.25) is 9.59 Å². The van der Waals surface area contributed by atoms with Crippen LogP contribution in [-0.4, -0.2) is 81.6 Å². The Kier molecular flexibility index (Phi) is 13.2. The fourth-order valence-corrected chi connectivity index (χ4v) is 18.6. The highest BCUT2D eigenvalue weighted by Gasteiger charge is 2.72. The number of carbonyl (C=O) groups is 2. The van der Waals surface area contributed by atoms with E-state index in [1.54, 1.807) is 6.07 Å². The van der Waals surface area contributed by atoms with Gasteiger partial charge in [0, 0.05) is 54.6 Å². The molecule has 2 aromatic rings. The molecule has 384 valence electrons. The van der Waals surface area contributed by atoms with Crippen molar-refractivity contribution in [3.63, 3.8) is 0 Å². The molecule has 6 aliphatic carbocycles. The summed E-state index contributed by atoms with van der Waals surface area (Å²) in [4.78, 5) is 31.0. The van der Waals surface area contributed by atoms with Crippen LogP contribution in [0, 0.1) is 57.2 Å². The molecule has 0 aromatic heterocycles. The molecule has 0 bridgehead atoms. The summed E-state index contributed by atoms with van der Waals surface area (Å²) in [6.45, 7) is 14.9. The van der Waals surface area contributed by atoms with Crippen molar-refractivity contribution in [2.24, 2.45) is 57.2 Å². The van der Waals surface area contributed by atoms with Gasteiger partial charge < -0.3 is 41.5 Å². The Hall–Kier alpha value is -3.12. The van der Waals surface area contributed by atoms with Crippen LogP contribution < -0.4 is 16.4 Å². The van der Waals surface area contributed by atoms with Gasteiger partial charge in [0.25, 0.3) is 0 Å². The first-order chi connectivity index (χ1) is 33.2. The van der Waals surface area contributed by atoms with Crippen LogP contribution in [0.4, 0.5) is 5.69 Å². The third-order valence-electron chi connectivity index (χ3n) is 21.8. The molecule has 7 fully saturated rings. The number of phenols is 1. The van der Waals surface area contributed by atoms with Gasteiger partial charge in [0.05, 0.1) is 17.3 Å². The lowest BCUT2D eigenvalue weighted by molar-refractivity contribution is -0.198. The minimum atomic E-state index is -0.886. The highest BCUT2D eigenvalue weighted by molar-refractivity contribution is 6.01. The molecule has 0 spiro atoms. The minimum absolute atomic E-state index is 0.0163. The number of aliphatic hydroxyl groups excluding tert-OH is 2. The zero-order valence-corrected chi connectivity index (χ0v) is 43.6. The summed E-state index contributed by atoms with van der Waals surface area (Å²) in [7, 11) is 1.90. The van der Waals surface area contributed by atoms with E-state index in [9.17, 15) is 20.4 Å². The minimum Gasteiger partial charge on any atom is -0.508 e. The average molecular weight is 962 g/mol. The predicted octanol–water partition coefficient (Wildman–Crippen LogP) is 9.67. The highest BCUT2D eigenvalue weighted by atomic mass is 16.6. The van der Waals surface area contributed by atoms with Gasteiger partial charge in [-0.15, -0.1) is 0 Å². The molecular formula is C60H87N3O7. The lowest BCUT2D eigenvalue weighted by atomic mass is 9.34. The zero-order chi connectivity index (χ0) is 49.8. The maximum absolute atomic E-state index is 15.5. The van der Waals surface area contributed by atoms with Crippen molar-refractivity contribution in [3.05, 3.63) is 70.3 Å². The number of β-amino-alcohol motifs (C(OH)–C–C–N with tert-alkyl or cyclic N) is 1. The SMILES string of the molecule is CNCc1cc(O)cc(C2CC3(C)C4C(CC5(C)C3CCC3=C(C(CC(O)C6OC6(C)C6CCCC6c6cccc(N)c6)C6CCCC(CO)C6)C(=O)CC35C)NCC(C)(O)CCCCC4(C)C2=O)c1. The fourth-order valence-electron chi connectivity index (χ4n) is 18.6. The van der Waals surface area contributed by atoms with Gasteiger partial charge in [0.1, 0.15) is 17.6 Å². The Bertz CT molecular complexity index is 2370. The first kappa shape index (κ1) is 50.4. The number of epoxide rings is 1. The summed E-state index contributed by atoms with van der Waals surface area (Å²) in [6.07, 6.45) is 13.2. The Balaban J connectivity index is 1.03. The van der Waals surface area contributed by atoms with Crippen LogP contribution in [0.1, 0.15) is 179 Å². The lowest BCUT2D eigenvalue weighted by Crippen LogP contribution is -2.70. The van der Waals surface area contributed by atoms with Crippen LogP contribution in [0.5, 0.6) is 5.75 Å². The maximum Gasteiger partial charge on any atom is 0.160 e.